The SMILES string of the molecule is COc1ccc(-c2ccc(F)cc2C)c(C(=O)O)c1. The Kier molecular flexibility index (Phi) is 3.51. The zero-order chi connectivity index (χ0) is 14.0. The lowest BCUT2D eigenvalue weighted by atomic mass is 9.95. The van der Waals surface area contributed by atoms with Crippen LogP contribution in [0.15, 0.2) is 36.4 Å². The summed E-state index contributed by atoms with van der Waals surface area (Å²) in [6.45, 7) is 1.74. The molecule has 1 N–H and O–H groups in total. The summed E-state index contributed by atoms with van der Waals surface area (Å²) < 4.78 is 18.1. The molecule has 3 nitrogen and oxygen atoms in total. The van der Waals surface area contributed by atoms with Crippen LogP contribution in [0.3, 0.4) is 0 Å². The van der Waals surface area contributed by atoms with Crippen molar-refractivity contribution in [2.45, 2.75) is 6.92 Å². The molecule has 2 rings (SSSR count). The van der Waals surface area contributed by atoms with Gasteiger partial charge in [0.05, 0.1) is 12.7 Å². The lowest BCUT2D eigenvalue weighted by Gasteiger charge is -2.11. The van der Waals surface area contributed by atoms with Crippen LogP contribution in [0.25, 0.3) is 11.1 Å². The van der Waals surface area contributed by atoms with Gasteiger partial charge in [-0.15, -0.1) is 0 Å². The van der Waals surface area contributed by atoms with Crippen molar-refractivity contribution in [3.8, 4) is 16.9 Å². The van der Waals surface area contributed by atoms with Gasteiger partial charge in [-0.2, -0.15) is 0 Å². The molecule has 0 atom stereocenters. The van der Waals surface area contributed by atoms with Gasteiger partial charge in [0.2, 0.25) is 0 Å². The number of carboxylic acids is 1. The predicted octanol–water partition coefficient (Wildman–Crippen LogP) is 3.51. The monoisotopic (exact) mass is 260 g/mol. The van der Waals surface area contributed by atoms with Gasteiger partial charge in [0, 0.05) is 0 Å². The number of carboxylic acid groups (broad SMARTS) is 1. The molecule has 0 fully saturated rings. The molecule has 0 aliphatic rings. The van der Waals surface area contributed by atoms with Crippen molar-refractivity contribution in [2.24, 2.45) is 0 Å². The third-order valence-electron chi connectivity index (χ3n) is 2.94. The fourth-order valence-corrected chi connectivity index (χ4v) is 1.99. The molecule has 0 unspecified atom stereocenters. The first-order valence-corrected chi connectivity index (χ1v) is 5.71. The zero-order valence-electron chi connectivity index (χ0n) is 10.6. The Bertz CT molecular complexity index is 635. The molecule has 0 aromatic heterocycles. The largest absolute Gasteiger partial charge is 0.497 e. The number of aryl methyl sites for hydroxylation is 1. The average Bonchev–Trinajstić information content (AvgIpc) is 2.38. The predicted molar refractivity (Wildman–Crippen MR) is 70.1 cm³/mol. The quantitative estimate of drug-likeness (QED) is 0.918. The average molecular weight is 260 g/mol. The van der Waals surface area contributed by atoms with Crippen molar-refractivity contribution in [3.63, 3.8) is 0 Å². The highest BCUT2D eigenvalue weighted by Gasteiger charge is 2.14. The van der Waals surface area contributed by atoms with E-state index in [2.05, 4.69) is 0 Å². The van der Waals surface area contributed by atoms with E-state index in [9.17, 15) is 14.3 Å². The second kappa shape index (κ2) is 5.10. The van der Waals surface area contributed by atoms with Crippen LogP contribution in [-0.2, 0) is 0 Å². The van der Waals surface area contributed by atoms with Gasteiger partial charge in [0.15, 0.2) is 0 Å². The summed E-state index contributed by atoms with van der Waals surface area (Å²) in [7, 11) is 1.48. The lowest BCUT2D eigenvalue weighted by Crippen LogP contribution is -2.01. The van der Waals surface area contributed by atoms with E-state index >= 15 is 0 Å². The minimum absolute atomic E-state index is 0.133. The molecule has 98 valence electrons. The summed E-state index contributed by atoms with van der Waals surface area (Å²) in [5.74, 6) is -0.912. The maximum Gasteiger partial charge on any atom is 0.336 e. The van der Waals surface area contributed by atoms with E-state index in [0.717, 1.165) is 0 Å². The van der Waals surface area contributed by atoms with Gasteiger partial charge in [-0.05, 0) is 53.9 Å². The Morgan fingerprint density at radius 3 is 2.42 bits per heavy atom. The van der Waals surface area contributed by atoms with E-state index in [4.69, 9.17) is 4.74 Å². The number of methoxy groups -OCH3 is 1. The Morgan fingerprint density at radius 1 is 1.16 bits per heavy atom. The first kappa shape index (κ1) is 13.1. The fourth-order valence-electron chi connectivity index (χ4n) is 1.99. The molecule has 0 spiro atoms. The van der Waals surface area contributed by atoms with E-state index in [1.54, 1.807) is 25.1 Å². The summed E-state index contributed by atoms with van der Waals surface area (Å²) in [6.07, 6.45) is 0. The normalized spacial score (nSPS) is 10.3. The Labute approximate surface area is 110 Å². The molecular weight excluding hydrogens is 247 g/mol. The van der Waals surface area contributed by atoms with Gasteiger partial charge in [-0.25, -0.2) is 9.18 Å². The van der Waals surface area contributed by atoms with E-state index in [1.807, 2.05) is 0 Å². The molecule has 2 aromatic carbocycles. The first-order valence-electron chi connectivity index (χ1n) is 5.71. The number of halogens is 1. The third-order valence-corrected chi connectivity index (χ3v) is 2.94. The maximum atomic E-state index is 13.1. The van der Waals surface area contributed by atoms with Crippen LogP contribution in [-0.4, -0.2) is 18.2 Å². The topological polar surface area (TPSA) is 46.5 Å². The van der Waals surface area contributed by atoms with Gasteiger partial charge in [-0.3, -0.25) is 0 Å². The van der Waals surface area contributed by atoms with Crippen LogP contribution in [0.2, 0.25) is 0 Å². The number of benzene rings is 2. The van der Waals surface area contributed by atoms with Crippen molar-refractivity contribution < 1.29 is 19.0 Å². The Hall–Kier alpha value is -2.36. The van der Waals surface area contributed by atoms with Crippen LogP contribution in [0, 0.1) is 12.7 Å². The first-order chi connectivity index (χ1) is 9.02. The Balaban J connectivity index is 2.64. The molecule has 0 aliphatic carbocycles. The van der Waals surface area contributed by atoms with Gasteiger partial charge in [0.1, 0.15) is 11.6 Å². The van der Waals surface area contributed by atoms with Crippen molar-refractivity contribution >= 4 is 5.97 Å². The van der Waals surface area contributed by atoms with E-state index in [-0.39, 0.29) is 11.4 Å². The van der Waals surface area contributed by atoms with Crippen LogP contribution >= 0.6 is 0 Å². The van der Waals surface area contributed by atoms with E-state index < -0.39 is 5.97 Å². The smallest absolute Gasteiger partial charge is 0.336 e. The molecule has 2 aromatic rings. The number of hydrogen-bond acceptors (Lipinski definition) is 2. The lowest BCUT2D eigenvalue weighted by molar-refractivity contribution is 0.0697. The van der Waals surface area contributed by atoms with Crippen molar-refractivity contribution in [3.05, 3.63) is 53.3 Å². The molecule has 0 saturated heterocycles. The number of rotatable bonds is 3. The number of hydrogen-bond donors (Lipinski definition) is 1. The molecule has 0 aliphatic heterocycles. The highest BCUT2D eigenvalue weighted by Crippen LogP contribution is 2.30. The maximum absolute atomic E-state index is 13.1. The number of aromatic carboxylic acids is 1. The minimum Gasteiger partial charge on any atom is -0.497 e. The van der Waals surface area contributed by atoms with Gasteiger partial charge < -0.3 is 9.84 Å². The highest BCUT2D eigenvalue weighted by atomic mass is 19.1. The highest BCUT2D eigenvalue weighted by molar-refractivity contribution is 5.97. The van der Waals surface area contributed by atoms with Crippen LogP contribution in [0.4, 0.5) is 4.39 Å². The van der Waals surface area contributed by atoms with Crippen molar-refractivity contribution in [1.29, 1.82) is 0 Å². The molecule has 19 heavy (non-hydrogen) atoms. The summed E-state index contributed by atoms with van der Waals surface area (Å²) in [5, 5.41) is 9.26. The standard InChI is InChI=1S/C15H13FO3/c1-9-7-10(16)3-5-12(9)13-6-4-11(19-2)8-14(13)15(17)18/h3-8H,1-2H3,(H,17,18). The zero-order valence-corrected chi connectivity index (χ0v) is 10.6. The van der Waals surface area contributed by atoms with Crippen LogP contribution < -0.4 is 4.74 Å². The van der Waals surface area contributed by atoms with Crippen molar-refractivity contribution in [1.82, 2.24) is 0 Å². The van der Waals surface area contributed by atoms with Gasteiger partial charge in [0.25, 0.3) is 0 Å². The van der Waals surface area contributed by atoms with E-state index in [0.29, 0.717) is 22.4 Å². The summed E-state index contributed by atoms with van der Waals surface area (Å²) in [6, 6.07) is 9.09. The molecule has 0 saturated carbocycles. The summed E-state index contributed by atoms with van der Waals surface area (Å²) in [5.41, 5.74) is 2.06. The second-order valence-corrected chi connectivity index (χ2v) is 4.18. The molecule has 0 bridgehead atoms. The second-order valence-electron chi connectivity index (χ2n) is 4.18. The molecule has 4 heteroatoms. The fraction of sp³-hybridized carbons (Fsp3) is 0.133. The van der Waals surface area contributed by atoms with Crippen LogP contribution in [0.5, 0.6) is 5.75 Å². The van der Waals surface area contributed by atoms with Crippen LogP contribution in [0.1, 0.15) is 15.9 Å². The third kappa shape index (κ3) is 2.57. The van der Waals surface area contributed by atoms with Gasteiger partial charge >= 0.3 is 5.97 Å². The summed E-state index contributed by atoms with van der Waals surface area (Å²) in [4.78, 5) is 11.3. The molecular formula is C15H13FO3. The molecule has 0 heterocycles. The Morgan fingerprint density at radius 2 is 1.84 bits per heavy atom. The molecule has 0 amide bonds. The van der Waals surface area contributed by atoms with E-state index in [1.165, 1.54) is 25.3 Å². The van der Waals surface area contributed by atoms with Gasteiger partial charge in [-0.1, -0.05) is 6.07 Å². The summed E-state index contributed by atoms with van der Waals surface area (Å²) >= 11 is 0. The van der Waals surface area contributed by atoms with Crippen molar-refractivity contribution in [2.75, 3.05) is 7.11 Å². The minimum atomic E-state index is -1.04. The molecule has 0 radical (unpaired) electrons. The number of carbonyl (C=O) groups is 1. The number of ether oxygens (including phenoxy) is 1.